The third-order valence-corrected chi connectivity index (χ3v) is 3.89. The molecular weight excluding hydrogens is 284 g/mol. The van der Waals surface area contributed by atoms with Crippen molar-refractivity contribution < 1.29 is 18.8 Å². The van der Waals surface area contributed by atoms with Crippen LogP contribution in [0.3, 0.4) is 0 Å². The van der Waals surface area contributed by atoms with E-state index in [-0.39, 0.29) is 12.1 Å². The number of aromatic nitrogens is 2. The van der Waals surface area contributed by atoms with Crippen molar-refractivity contribution in [1.82, 2.24) is 10.1 Å². The summed E-state index contributed by atoms with van der Waals surface area (Å²) in [5.74, 6) is 1.27. The van der Waals surface area contributed by atoms with Gasteiger partial charge in [-0.15, -0.1) is 0 Å². The van der Waals surface area contributed by atoms with Gasteiger partial charge < -0.3 is 14.0 Å². The van der Waals surface area contributed by atoms with Crippen LogP contribution in [-0.2, 0) is 9.47 Å². The average Bonchev–Trinajstić information content (AvgIpc) is 3.06. The third kappa shape index (κ3) is 2.74. The molecule has 1 aromatic carbocycles. The van der Waals surface area contributed by atoms with Gasteiger partial charge in [-0.1, -0.05) is 17.3 Å². The van der Waals surface area contributed by atoms with Crippen LogP contribution in [0.15, 0.2) is 28.8 Å². The van der Waals surface area contributed by atoms with Gasteiger partial charge in [0, 0.05) is 17.9 Å². The molecule has 1 saturated carbocycles. The van der Waals surface area contributed by atoms with E-state index in [4.69, 9.17) is 14.0 Å². The zero-order chi connectivity index (χ0) is 14.9. The second-order valence-corrected chi connectivity index (χ2v) is 5.70. The molecule has 22 heavy (non-hydrogen) atoms. The molecule has 1 saturated heterocycles. The van der Waals surface area contributed by atoms with E-state index < -0.39 is 0 Å². The minimum Gasteiger partial charge on any atom is -0.456 e. The largest absolute Gasteiger partial charge is 0.456 e. The maximum atomic E-state index is 12.2. The van der Waals surface area contributed by atoms with Crippen molar-refractivity contribution in [3.63, 3.8) is 0 Å². The van der Waals surface area contributed by atoms with Crippen LogP contribution in [0.4, 0.5) is 0 Å². The van der Waals surface area contributed by atoms with E-state index in [2.05, 4.69) is 10.1 Å². The molecule has 0 N–H and O–H groups in total. The first-order chi connectivity index (χ1) is 10.8. The lowest BCUT2D eigenvalue weighted by atomic mass is 10.1. The van der Waals surface area contributed by atoms with Crippen LogP contribution in [0.2, 0.25) is 0 Å². The standard InChI is InChI=1S/C16H16N2O4/c19-16(21-13-6-7-20-9-13)12-3-1-2-11(8-12)14-17-15(22-18-14)10-4-5-10/h1-3,8,10,13H,4-7,9H2/t13-/m1/s1. The number of carbonyl (C=O) groups is 1. The summed E-state index contributed by atoms with van der Waals surface area (Å²) in [6, 6.07) is 7.12. The molecule has 1 aromatic heterocycles. The van der Waals surface area contributed by atoms with Crippen LogP contribution in [0, 0.1) is 0 Å². The smallest absolute Gasteiger partial charge is 0.338 e. The van der Waals surface area contributed by atoms with Crippen molar-refractivity contribution in [2.75, 3.05) is 13.2 Å². The summed E-state index contributed by atoms with van der Waals surface area (Å²) in [4.78, 5) is 16.6. The molecule has 0 amide bonds. The lowest BCUT2D eigenvalue weighted by Crippen LogP contribution is -2.18. The number of ether oxygens (including phenoxy) is 2. The summed E-state index contributed by atoms with van der Waals surface area (Å²) < 4.78 is 15.9. The fourth-order valence-electron chi connectivity index (χ4n) is 2.46. The number of nitrogens with zero attached hydrogens (tertiary/aromatic N) is 2. The number of rotatable bonds is 4. The van der Waals surface area contributed by atoms with Crippen molar-refractivity contribution >= 4 is 5.97 Å². The Morgan fingerprint density at radius 1 is 1.27 bits per heavy atom. The molecule has 4 rings (SSSR count). The Kier molecular flexibility index (Phi) is 3.38. The predicted octanol–water partition coefficient (Wildman–Crippen LogP) is 2.56. The van der Waals surface area contributed by atoms with Gasteiger partial charge in [-0.05, 0) is 25.0 Å². The van der Waals surface area contributed by atoms with Crippen LogP contribution in [0.5, 0.6) is 0 Å². The highest BCUT2D eigenvalue weighted by molar-refractivity contribution is 5.90. The van der Waals surface area contributed by atoms with Crippen molar-refractivity contribution in [2.24, 2.45) is 0 Å². The molecule has 1 atom stereocenters. The second-order valence-electron chi connectivity index (χ2n) is 5.70. The first-order valence-electron chi connectivity index (χ1n) is 7.52. The molecule has 2 aliphatic rings. The Morgan fingerprint density at radius 2 is 2.18 bits per heavy atom. The molecule has 2 fully saturated rings. The van der Waals surface area contributed by atoms with E-state index in [1.54, 1.807) is 18.2 Å². The lowest BCUT2D eigenvalue weighted by molar-refractivity contribution is 0.0270. The highest BCUT2D eigenvalue weighted by atomic mass is 16.6. The highest BCUT2D eigenvalue weighted by Gasteiger charge is 2.30. The minimum atomic E-state index is -0.344. The van der Waals surface area contributed by atoms with Gasteiger partial charge in [0.15, 0.2) is 0 Å². The first-order valence-corrected chi connectivity index (χ1v) is 7.52. The lowest BCUT2D eigenvalue weighted by Gasteiger charge is -2.10. The van der Waals surface area contributed by atoms with E-state index in [1.807, 2.05) is 6.07 Å². The monoisotopic (exact) mass is 300 g/mol. The van der Waals surface area contributed by atoms with Gasteiger partial charge >= 0.3 is 5.97 Å². The molecule has 6 nitrogen and oxygen atoms in total. The Labute approximate surface area is 127 Å². The molecule has 114 valence electrons. The molecular formula is C16H16N2O4. The highest BCUT2D eigenvalue weighted by Crippen LogP contribution is 2.39. The summed E-state index contributed by atoms with van der Waals surface area (Å²) in [7, 11) is 0. The zero-order valence-electron chi connectivity index (χ0n) is 12.0. The van der Waals surface area contributed by atoms with E-state index in [9.17, 15) is 4.79 Å². The van der Waals surface area contributed by atoms with Gasteiger partial charge in [-0.2, -0.15) is 4.98 Å². The predicted molar refractivity (Wildman–Crippen MR) is 76.3 cm³/mol. The van der Waals surface area contributed by atoms with Crippen molar-refractivity contribution in [3.8, 4) is 11.4 Å². The zero-order valence-corrected chi connectivity index (χ0v) is 12.0. The minimum absolute atomic E-state index is 0.150. The summed E-state index contributed by atoms with van der Waals surface area (Å²) in [6.07, 6.45) is 2.82. The number of hydrogen-bond donors (Lipinski definition) is 0. The number of carbonyl (C=O) groups excluding carboxylic acids is 1. The van der Waals surface area contributed by atoms with Gasteiger partial charge in [0.2, 0.25) is 11.7 Å². The van der Waals surface area contributed by atoms with E-state index in [0.717, 1.165) is 24.8 Å². The third-order valence-electron chi connectivity index (χ3n) is 3.89. The van der Waals surface area contributed by atoms with Crippen LogP contribution < -0.4 is 0 Å². The fraction of sp³-hybridized carbons (Fsp3) is 0.438. The molecule has 2 aromatic rings. The SMILES string of the molecule is O=C(O[C@@H]1CCOC1)c1cccc(-c2noc(C3CC3)n2)c1. The number of hydrogen-bond acceptors (Lipinski definition) is 6. The normalized spacial score (nSPS) is 21.0. The molecule has 6 heteroatoms. The summed E-state index contributed by atoms with van der Waals surface area (Å²) in [5, 5.41) is 3.99. The van der Waals surface area contributed by atoms with Gasteiger partial charge in [0.1, 0.15) is 6.10 Å². The van der Waals surface area contributed by atoms with Gasteiger partial charge in [0.05, 0.1) is 18.8 Å². The number of esters is 1. The first kappa shape index (κ1) is 13.5. The topological polar surface area (TPSA) is 74.5 Å². The molecule has 0 radical (unpaired) electrons. The summed E-state index contributed by atoms with van der Waals surface area (Å²) >= 11 is 0. The van der Waals surface area contributed by atoms with Crippen LogP contribution >= 0.6 is 0 Å². The van der Waals surface area contributed by atoms with Crippen LogP contribution in [-0.4, -0.2) is 35.4 Å². The van der Waals surface area contributed by atoms with Crippen molar-refractivity contribution in [2.45, 2.75) is 31.3 Å². The van der Waals surface area contributed by atoms with Crippen LogP contribution in [0.25, 0.3) is 11.4 Å². The second kappa shape index (κ2) is 5.53. The van der Waals surface area contributed by atoms with Gasteiger partial charge in [-0.3, -0.25) is 0 Å². The Balaban J connectivity index is 1.52. The van der Waals surface area contributed by atoms with Crippen LogP contribution in [0.1, 0.15) is 41.4 Å². The molecule has 0 unspecified atom stereocenters. The molecule has 1 aliphatic heterocycles. The molecule has 0 spiro atoms. The van der Waals surface area contributed by atoms with Crippen molar-refractivity contribution in [3.05, 3.63) is 35.7 Å². The maximum absolute atomic E-state index is 12.2. The maximum Gasteiger partial charge on any atom is 0.338 e. The molecule has 0 bridgehead atoms. The van der Waals surface area contributed by atoms with E-state index in [1.165, 1.54) is 0 Å². The quantitative estimate of drug-likeness (QED) is 0.808. The van der Waals surface area contributed by atoms with Gasteiger partial charge in [0.25, 0.3) is 0 Å². The molecule has 2 heterocycles. The Bertz CT molecular complexity index is 687. The average molecular weight is 300 g/mol. The fourth-order valence-corrected chi connectivity index (χ4v) is 2.46. The number of benzene rings is 1. The Morgan fingerprint density at radius 3 is 2.95 bits per heavy atom. The summed E-state index contributed by atoms with van der Waals surface area (Å²) in [6.45, 7) is 1.12. The van der Waals surface area contributed by atoms with E-state index in [0.29, 0.717) is 36.4 Å². The summed E-state index contributed by atoms with van der Waals surface area (Å²) in [5.41, 5.74) is 1.25. The van der Waals surface area contributed by atoms with Gasteiger partial charge in [-0.25, -0.2) is 4.79 Å². The van der Waals surface area contributed by atoms with E-state index >= 15 is 0 Å². The van der Waals surface area contributed by atoms with Crippen molar-refractivity contribution in [1.29, 1.82) is 0 Å². The Hall–Kier alpha value is -2.21. The molecule has 1 aliphatic carbocycles.